The van der Waals surface area contributed by atoms with E-state index in [-0.39, 0.29) is 0 Å². The largest absolute Gasteiger partial charge is 0.311 e. The van der Waals surface area contributed by atoms with Crippen LogP contribution in [0.25, 0.3) is 49.7 Å². The molecule has 3 heteroatoms. The number of hydrogen-bond donors (Lipinski definition) is 0. The summed E-state index contributed by atoms with van der Waals surface area (Å²) < 4.78 is 2.42. The second kappa shape index (κ2) is 18.7. The van der Waals surface area contributed by atoms with Gasteiger partial charge in [0.15, 0.2) is 8.07 Å². The van der Waals surface area contributed by atoms with Gasteiger partial charge in [-0.25, -0.2) is 0 Å². The Balaban J connectivity index is 0.945. The number of para-hydroxylation sites is 3. The quantitative estimate of drug-likeness (QED) is 0.0926. The van der Waals surface area contributed by atoms with Crippen molar-refractivity contribution in [1.29, 1.82) is 0 Å². The van der Waals surface area contributed by atoms with Crippen molar-refractivity contribution in [3.05, 3.63) is 338 Å². The molecule has 0 saturated carbocycles. The number of fused-ring (bicyclic) bond motifs is 6. The van der Waals surface area contributed by atoms with Crippen molar-refractivity contribution in [2.24, 2.45) is 0 Å². The molecule has 0 amide bonds. The number of hydrogen-bond acceptors (Lipinski definition) is 1. The average molecular weight is 985 g/mol. The molecule has 1 aliphatic carbocycles. The molecule has 13 aromatic rings. The second-order valence-electron chi connectivity index (χ2n) is 20.0. The molecule has 1 aromatic heterocycles. The smallest absolute Gasteiger partial charge is 0.179 e. The Kier molecular flexibility index (Phi) is 11.1. The fraction of sp³-hybridized carbons (Fsp3) is 0.0137. The molecule has 2 nitrogen and oxygen atoms in total. The summed E-state index contributed by atoms with van der Waals surface area (Å²) in [6.45, 7) is 0. The van der Waals surface area contributed by atoms with Crippen LogP contribution >= 0.6 is 0 Å². The zero-order valence-corrected chi connectivity index (χ0v) is 42.9. The normalized spacial score (nSPS) is 12.6. The van der Waals surface area contributed by atoms with Gasteiger partial charge in [0.2, 0.25) is 0 Å². The van der Waals surface area contributed by atoms with Gasteiger partial charge in [0.25, 0.3) is 0 Å². The third-order valence-electron chi connectivity index (χ3n) is 16.0. The Morgan fingerprint density at radius 2 is 0.697 bits per heavy atom. The van der Waals surface area contributed by atoms with E-state index in [9.17, 15) is 0 Å². The maximum absolute atomic E-state index is 2.89. The SMILES string of the molecule is c1ccc(N(c2ccccc2)c2ccc(-n3c4ccccc4c4cc(-c5ccc6c(c5)C(c5ccccc5)(c5ccccc5)c5cc([Si](c7ccccc7)(c7ccccc7)c7ccccc7)ccc5-6)ccc43)cc2)cc1. The zero-order valence-electron chi connectivity index (χ0n) is 41.9. The summed E-state index contributed by atoms with van der Waals surface area (Å²) in [5, 5.41) is 7.90. The first-order chi connectivity index (χ1) is 37.7. The molecule has 0 bridgehead atoms. The lowest BCUT2D eigenvalue weighted by molar-refractivity contribution is 0.769. The van der Waals surface area contributed by atoms with Gasteiger partial charge in [-0.3, -0.25) is 0 Å². The van der Waals surface area contributed by atoms with E-state index in [4.69, 9.17) is 0 Å². The van der Waals surface area contributed by atoms with E-state index in [1.807, 2.05) is 0 Å². The highest BCUT2D eigenvalue weighted by Gasteiger charge is 2.49. The molecule has 0 N–H and O–H groups in total. The van der Waals surface area contributed by atoms with Gasteiger partial charge in [0.05, 0.1) is 16.4 Å². The Labute approximate surface area is 445 Å². The molecule has 0 unspecified atom stereocenters. The van der Waals surface area contributed by atoms with Crippen molar-refractivity contribution in [2.75, 3.05) is 4.90 Å². The van der Waals surface area contributed by atoms with Crippen LogP contribution in [0.5, 0.6) is 0 Å². The fourth-order valence-corrected chi connectivity index (χ4v) is 17.5. The van der Waals surface area contributed by atoms with Crippen molar-refractivity contribution < 1.29 is 0 Å². The van der Waals surface area contributed by atoms with Gasteiger partial charge < -0.3 is 9.47 Å². The van der Waals surface area contributed by atoms with Crippen molar-refractivity contribution in [3.8, 4) is 27.9 Å². The van der Waals surface area contributed by atoms with Crippen molar-refractivity contribution in [1.82, 2.24) is 4.57 Å². The molecule has 1 aliphatic rings. The molecule has 358 valence electrons. The molecule has 76 heavy (non-hydrogen) atoms. The van der Waals surface area contributed by atoms with Crippen molar-refractivity contribution in [2.45, 2.75) is 5.41 Å². The molecule has 0 spiro atoms. The van der Waals surface area contributed by atoms with Crippen molar-refractivity contribution in [3.63, 3.8) is 0 Å². The lowest BCUT2D eigenvalue weighted by Crippen LogP contribution is -2.74. The van der Waals surface area contributed by atoms with Crippen LogP contribution in [0.4, 0.5) is 17.1 Å². The molecular formula is C73H52N2Si. The molecule has 0 atom stereocenters. The van der Waals surface area contributed by atoms with E-state index in [1.54, 1.807) is 0 Å². The van der Waals surface area contributed by atoms with Crippen molar-refractivity contribution >= 4 is 67.7 Å². The van der Waals surface area contributed by atoms with Gasteiger partial charge in [-0.2, -0.15) is 0 Å². The predicted octanol–water partition coefficient (Wildman–Crippen LogP) is 15.7. The second-order valence-corrected chi connectivity index (χ2v) is 23.8. The molecule has 12 aromatic carbocycles. The van der Waals surface area contributed by atoms with Crippen LogP contribution in [-0.2, 0) is 5.41 Å². The Bertz CT molecular complexity index is 4000. The minimum atomic E-state index is -2.89. The molecule has 0 radical (unpaired) electrons. The monoisotopic (exact) mass is 984 g/mol. The van der Waals surface area contributed by atoms with E-state index in [2.05, 4.69) is 325 Å². The van der Waals surface area contributed by atoms with Crippen LogP contribution in [0.1, 0.15) is 22.3 Å². The first kappa shape index (κ1) is 45.1. The number of aromatic nitrogens is 1. The maximum atomic E-state index is 2.61. The summed E-state index contributed by atoms with van der Waals surface area (Å²) in [6.07, 6.45) is 0. The Hall–Kier alpha value is -9.54. The number of anilines is 3. The fourth-order valence-electron chi connectivity index (χ4n) is 12.7. The number of nitrogens with zero attached hydrogens (tertiary/aromatic N) is 2. The first-order valence-electron chi connectivity index (χ1n) is 26.3. The minimum absolute atomic E-state index is 0.619. The van der Waals surface area contributed by atoms with Crippen LogP contribution in [0, 0.1) is 0 Å². The first-order valence-corrected chi connectivity index (χ1v) is 28.3. The van der Waals surface area contributed by atoms with Gasteiger partial charge in [-0.05, 0) is 138 Å². The van der Waals surface area contributed by atoms with Gasteiger partial charge >= 0.3 is 0 Å². The number of benzene rings is 12. The van der Waals surface area contributed by atoms with Crippen LogP contribution < -0.4 is 25.6 Å². The molecular weight excluding hydrogens is 933 g/mol. The lowest BCUT2D eigenvalue weighted by atomic mass is 9.67. The summed E-state index contributed by atoms with van der Waals surface area (Å²) in [4.78, 5) is 2.31. The summed E-state index contributed by atoms with van der Waals surface area (Å²) in [6, 6.07) is 117. The van der Waals surface area contributed by atoms with E-state index in [0.29, 0.717) is 0 Å². The topological polar surface area (TPSA) is 8.17 Å². The van der Waals surface area contributed by atoms with Crippen LogP contribution in [0.15, 0.2) is 315 Å². The molecule has 0 aliphatic heterocycles. The molecule has 1 heterocycles. The average Bonchev–Trinajstić information content (AvgIpc) is 4.07. The third-order valence-corrected chi connectivity index (χ3v) is 20.8. The predicted molar refractivity (Wildman–Crippen MR) is 322 cm³/mol. The zero-order chi connectivity index (χ0) is 50.5. The van der Waals surface area contributed by atoms with Gasteiger partial charge in [0.1, 0.15) is 0 Å². The highest BCUT2D eigenvalue weighted by Crippen LogP contribution is 2.57. The van der Waals surface area contributed by atoms with Gasteiger partial charge in [-0.1, -0.05) is 243 Å². The molecule has 0 fully saturated rings. The molecule has 14 rings (SSSR count). The molecule has 0 saturated heterocycles. The highest BCUT2D eigenvalue weighted by molar-refractivity contribution is 7.19. The van der Waals surface area contributed by atoms with E-state index in [1.165, 1.54) is 87.1 Å². The standard InChI is InChI=1S/C73H52N2Si/c1-8-24-55(25-9-1)73(56-26-10-2-11-27-56)69-51-54(40-47-65(69)66-48-46-64(52-70(66)73)76(61-32-16-5-17-33-61,62-34-18-6-19-35-62)63-36-20-7-21-37-63)53-41-49-72-68(50-53)67-38-22-23-39-71(67)75(72)60-44-42-59(43-45-60)74(57-28-12-3-13-29-57)58-30-14-4-15-31-58/h1-52H. The van der Waals surface area contributed by atoms with Gasteiger partial charge in [-0.15, -0.1) is 0 Å². The minimum Gasteiger partial charge on any atom is -0.311 e. The summed E-state index contributed by atoms with van der Waals surface area (Å²) in [5.74, 6) is 0. The van der Waals surface area contributed by atoms with E-state index < -0.39 is 13.5 Å². The highest BCUT2D eigenvalue weighted by atomic mass is 28.3. The summed E-state index contributed by atoms with van der Waals surface area (Å²) in [5.41, 5.74) is 16.2. The number of rotatable bonds is 11. The van der Waals surface area contributed by atoms with Crippen LogP contribution in [0.2, 0.25) is 0 Å². The van der Waals surface area contributed by atoms with Crippen LogP contribution in [0.3, 0.4) is 0 Å². The maximum Gasteiger partial charge on any atom is 0.179 e. The summed E-state index contributed by atoms with van der Waals surface area (Å²) in [7, 11) is -2.89. The summed E-state index contributed by atoms with van der Waals surface area (Å²) >= 11 is 0. The Morgan fingerprint density at radius 1 is 0.289 bits per heavy atom. The Morgan fingerprint density at radius 3 is 1.24 bits per heavy atom. The lowest BCUT2D eigenvalue weighted by Gasteiger charge is -2.37. The van der Waals surface area contributed by atoms with E-state index in [0.717, 1.165) is 22.7 Å². The van der Waals surface area contributed by atoms with E-state index >= 15 is 0 Å². The van der Waals surface area contributed by atoms with Gasteiger partial charge in [0, 0.05) is 33.5 Å². The van der Waals surface area contributed by atoms with Crippen LogP contribution in [-0.4, -0.2) is 12.6 Å². The third kappa shape index (κ3) is 7.16.